The number of sulfonamides is 1. The van der Waals surface area contributed by atoms with Gasteiger partial charge in [0, 0.05) is 19.1 Å². The average molecular weight is 415 g/mol. The number of carbonyl (C=O) groups is 1. The van der Waals surface area contributed by atoms with E-state index in [2.05, 4.69) is 15.5 Å². The van der Waals surface area contributed by atoms with Crippen LogP contribution in [0.4, 0.5) is 4.39 Å². The molecular weight excluding hydrogens is 395 g/mol. The van der Waals surface area contributed by atoms with Gasteiger partial charge in [-0.15, -0.1) is 0 Å². The van der Waals surface area contributed by atoms with Crippen molar-refractivity contribution in [2.45, 2.75) is 37.6 Å². The Hall–Kier alpha value is -1.97. The number of hydrogen-bond donors (Lipinski definition) is 2. The molecule has 0 spiro atoms. The van der Waals surface area contributed by atoms with Crippen LogP contribution in [0, 0.1) is 19.7 Å². The van der Waals surface area contributed by atoms with Crippen LogP contribution in [0.1, 0.15) is 34.6 Å². The van der Waals surface area contributed by atoms with Crippen molar-refractivity contribution in [3.63, 3.8) is 0 Å². The van der Waals surface area contributed by atoms with Crippen LogP contribution in [0.3, 0.4) is 0 Å². The number of nitrogens with zero attached hydrogens (tertiary/aromatic N) is 2. The predicted molar refractivity (Wildman–Crippen MR) is 98.7 cm³/mol. The quantitative estimate of drug-likeness (QED) is 0.803. The molecule has 2 N–H and O–H groups in total. The van der Waals surface area contributed by atoms with Crippen molar-refractivity contribution in [2.24, 2.45) is 0 Å². The second-order valence-electron chi connectivity index (χ2n) is 6.51. The van der Waals surface area contributed by atoms with Crippen LogP contribution in [-0.2, 0) is 10.0 Å². The third kappa shape index (κ3) is 3.85. The predicted octanol–water partition coefficient (Wildman–Crippen LogP) is 2.40. The van der Waals surface area contributed by atoms with Gasteiger partial charge >= 0.3 is 0 Å². The fourth-order valence-electron chi connectivity index (χ4n) is 3.26. The van der Waals surface area contributed by atoms with Gasteiger partial charge < -0.3 is 5.32 Å². The molecule has 2 aromatic rings. The molecule has 2 heterocycles. The Morgan fingerprint density at radius 2 is 2.00 bits per heavy atom. The minimum Gasteiger partial charge on any atom is -0.349 e. The van der Waals surface area contributed by atoms with Crippen LogP contribution in [-0.4, -0.2) is 48.0 Å². The molecule has 0 atom stereocenters. The van der Waals surface area contributed by atoms with Crippen LogP contribution in [0.5, 0.6) is 0 Å². The van der Waals surface area contributed by atoms with Crippen LogP contribution < -0.4 is 5.32 Å². The molecule has 0 bridgehead atoms. The third-order valence-corrected chi connectivity index (χ3v) is 7.11. The van der Waals surface area contributed by atoms with Crippen molar-refractivity contribution < 1.29 is 17.6 Å². The van der Waals surface area contributed by atoms with Gasteiger partial charge in [-0.05, 0) is 38.8 Å². The smallest absolute Gasteiger partial charge is 0.255 e. The second-order valence-corrected chi connectivity index (χ2v) is 8.79. The van der Waals surface area contributed by atoms with Crippen LogP contribution in [0.15, 0.2) is 23.1 Å². The summed E-state index contributed by atoms with van der Waals surface area (Å²) in [6, 6.07) is 3.79. The lowest BCUT2D eigenvalue weighted by atomic mass is 10.1. The molecule has 1 saturated heterocycles. The summed E-state index contributed by atoms with van der Waals surface area (Å²) in [7, 11) is -3.65. The zero-order valence-corrected chi connectivity index (χ0v) is 16.5. The summed E-state index contributed by atoms with van der Waals surface area (Å²) < 4.78 is 40.9. The highest BCUT2D eigenvalue weighted by Gasteiger charge is 2.33. The highest BCUT2D eigenvalue weighted by atomic mass is 35.5. The van der Waals surface area contributed by atoms with Gasteiger partial charge in [-0.3, -0.25) is 9.89 Å². The van der Waals surface area contributed by atoms with Crippen molar-refractivity contribution in [3.05, 3.63) is 46.0 Å². The van der Waals surface area contributed by atoms with Gasteiger partial charge in [0.25, 0.3) is 5.91 Å². The summed E-state index contributed by atoms with van der Waals surface area (Å²) >= 11 is 5.91. The first-order valence-electron chi connectivity index (χ1n) is 8.48. The van der Waals surface area contributed by atoms with Gasteiger partial charge in [0.2, 0.25) is 10.0 Å². The Morgan fingerprint density at radius 1 is 1.33 bits per heavy atom. The minimum absolute atomic E-state index is 0.0402. The molecule has 1 aromatic heterocycles. The van der Waals surface area contributed by atoms with E-state index in [9.17, 15) is 17.6 Å². The maximum absolute atomic E-state index is 13.9. The number of aromatic amines is 1. The van der Waals surface area contributed by atoms with Crippen LogP contribution >= 0.6 is 11.6 Å². The monoisotopic (exact) mass is 414 g/mol. The summed E-state index contributed by atoms with van der Waals surface area (Å²) in [5, 5.41) is 9.41. The van der Waals surface area contributed by atoms with Gasteiger partial charge in [0.1, 0.15) is 10.7 Å². The number of benzene rings is 1. The maximum Gasteiger partial charge on any atom is 0.255 e. The molecule has 1 aliphatic rings. The lowest BCUT2D eigenvalue weighted by Gasteiger charge is -2.31. The molecule has 1 aliphatic heterocycles. The lowest BCUT2D eigenvalue weighted by molar-refractivity contribution is 0.0920. The molecule has 0 radical (unpaired) electrons. The number of aryl methyl sites for hydroxylation is 2. The molecule has 0 unspecified atom stereocenters. The van der Waals surface area contributed by atoms with Gasteiger partial charge in [-0.1, -0.05) is 17.7 Å². The van der Waals surface area contributed by atoms with Gasteiger partial charge in [-0.2, -0.15) is 9.40 Å². The van der Waals surface area contributed by atoms with Gasteiger partial charge in [0.15, 0.2) is 0 Å². The fourth-order valence-corrected chi connectivity index (χ4v) is 5.31. The second kappa shape index (κ2) is 7.57. The Labute approximate surface area is 162 Å². The molecule has 0 aliphatic carbocycles. The van der Waals surface area contributed by atoms with Crippen molar-refractivity contribution in [3.8, 4) is 0 Å². The van der Waals surface area contributed by atoms with E-state index in [0.29, 0.717) is 24.2 Å². The molecule has 10 heteroatoms. The summed E-state index contributed by atoms with van der Waals surface area (Å²) in [5.41, 5.74) is 0.730. The molecule has 3 rings (SSSR count). The number of amides is 1. The van der Waals surface area contributed by atoms with E-state index < -0.39 is 21.7 Å². The fraction of sp³-hybridized carbons (Fsp3) is 0.412. The Bertz CT molecular complexity index is 929. The maximum atomic E-state index is 13.9. The molecule has 0 saturated carbocycles. The summed E-state index contributed by atoms with van der Waals surface area (Å²) in [5.74, 6) is -1.29. The lowest BCUT2D eigenvalue weighted by Crippen LogP contribution is -2.46. The number of rotatable bonds is 4. The van der Waals surface area contributed by atoms with E-state index in [1.54, 1.807) is 13.8 Å². The molecule has 1 aromatic carbocycles. The SMILES string of the molecule is Cc1n[nH]c(C)c1S(=O)(=O)N1CCC(NC(=O)c2c(F)cccc2Cl)CC1. The summed E-state index contributed by atoms with van der Waals surface area (Å²) in [6.45, 7) is 3.81. The standard InChI is InChI=1S/C17H20ClFN4O3S/c1-10-16(11(2)22-21-10)27(25,26)23-8-6-12(7-9-23)20-17(24)15-13(18)4-3-5-14(15)19/h3-5,12H,6-9H2,1-2H3,(H,20,24)(H,21,22). The van der Waals surface area contributed by atoms with Crippen molar-refractivity contribution >= 4 is 27.5 Å². The summed E-state index contributed by atoms with van der Waals surface area (Å²) in [4.78, 5) is 12.5. The van der Waals surface area contributed by atoms with Crippen molar-refractivity contribution in [1.29, 1.82) is 0 Å². The number of piperidine rings is 1. The number of hydrogen-bond acceptors (Lipinski definition) is 4. The topological polar surface area (TPSA) is 95.2 Å². The molecule has 1 fully saturated rings. The van der Waals surface area contributed by atoms with Gasteiger partial charge in [0.05, 0.1) is 22.0 Å². The van der Waals surface area contributed by atoms with Crippen LogP contribution in [0.2, 0.25) is 5.02 Å². The number of aromatic nitrogens is 2. The zero-order chi connectivity index (χ0) is 19.8. The first-order chi connectivity index (χ1) is 12.7. The van der Waals surface area contributed by atoms with E-state index in [1.165, 1.54) is 22.5 Å². The van der Waals surface area contributed by atoms with E-state index >= 15 is 0 Å². The minimum atomic E-state index is -3.65. The first kappa shape index (κ1) is 19.8. The Kier molecular flexibility index (Phi) is 5.55. The number of carbonyl (C=O) groups excluding carboxylic acids is 1. The third-order valence-electron chi connectivity index (χ3n) is 4.64. The molecular formula is C17H20ClFN4O3S. The largest absolute Gasteiger partial charge is 0.349 e. The molecule has 1 amide bonds. The molecule has 146 valence electrons. The molecule has 7 nitrogen and oxygen atoms in total. The highest BCUT2D eigenvalue weighted by Crippen LogP contribution is 2.25. The van der Waals surface area contributed by atoms with E-state index in [1.807, 2.05) is 0 Å². The number of H-pyrrole nitrogens is 1. The Morgan fingerprint density at radius 3 is 2.56 bits per heavy atom. The number of nitrogens with one attached hydrogen (secondary N) is 2. The van der Waals surface area contributed by atoms with Crippen molar-refractivity contribution in [1.82, 2.24) is 19.8 Å². The Balaban J connectivity index is 1.67. The zero-order valence-electron chi connectivity index (χ0n) is 14.9. The summed E-state index contributed by atoms with van der Waals surface area (Å²) in [6.07, 6.45) is 0.847. The van der Waals surface area contributed by atoms with Crippen molar-refractivity contribution in [2.75, 3.05) is 13.1 Å². The normalized spacial score (nSPS) is 16.4. The van der Waals surface area contributed by atoms with Crippen LogP contribution in [0.25, 0.3) is 0 Å². The average Bonchev–Trinajstić information content (AvgIpc) is 2.94. The molecule has 27 heavy (non-hydrogen) atoms. The highest BCUT2D eigenvalue weighted by molar-refractivity contribution is 7.89. The van der Waals surface area contributed by atoms with Gasteiger partial charge in [-0.25, -0.2) is 12.8 Å². The van der Waals surface area contributed by atoms with E-state index in [0.717, 1.165) is 0 Å². The van der Waals surface area contributed by atoms with E-state index in [-0.39, 0.29) is 34.6 Å². The first-order valence-corrected chi connectivity index (χ1v) is 10.3. The number of halogens is 2. The van der Waals surface area contributed by atoms with E-state index in [4.69, 9.17) is 11.6 Å².